The van der Waals surface area contributed by atoms with Crippen LogP contribution >= 0.6 is 11.6 Å². The van der Waals surface area contributed by atoms with Crippen molar-refractivity contribution in [2.45, 2.75) is 19.8 Å². The maximum Gasteiger partial charge on any atom is 0.132 e. The zero-order valence-electron chi connectivity index (χ0n) is 9.01. The Labute approximate surface area is 99.6 Å². The Balaban J connectivity index is 1.90. The number of rotatable bonds is 4. The van der Waals surface area contributed by atoms with Crippen molar-refractivity contribution in [2.24, 2.45) is 0 Å². The molecule has 1 heterocycles. The van der Waals surface area contributed by atoms with Crippen LogP contribution in [0.3, 0.4) is 0 Å². The van der Waals surface area contributed by atoms with Crippen molar-refractivity contribution in [2.75, 3.05) is 0 Å². The summed E-state index contributed by atoms with van der Waals surface area (Å²) in [5.74, 6) is 0. The van der Waals surface area contributed by atoms with Gasteiger partial charge in [-0.05, 0) is 24.6 Å². The highest BCUT2D eigenvalue weighted by atomic mass is 35.5. The third kappa shape index (κ3) is 2.84. The fourth-order valence-corrected chi connectivity index (χ4v) is 1.49. The van der Waals surface area contributed by atoms with Gasteiger partial charge in [-0.25, -0.2) is 4.98 Å². The molecule has 1 aromatic carbocycles. The van der Waals surface area contributed by atoms with Crippen LogP contribution in [-0.2, 0) is 11.3 Å². The van der Waals surface area contributed by atoms with E-state index in [1.165, 1.54) is 0 Å². The minimum absolute atomic E-state index is 0.0156. The van der Waals surface area contributed by atoms with E-state index < -0.39 is 0 Å². The number of benzene rings is 1. The summed E-state index contributed by atoms with van der Waals surface area (Å²) in [4.78, 5) is 3.98. The third-order valence-electron chi connectivity index (χ3n) is 2.35. The predicted octanol–water partition coefficient (Wildman–Crippen LogP) is 3.27. The number of aromatic nitrogens is 2. The molecule has 0 aliphatic rings. The third-order valence-corrected chi connectivity index (χ3v) is 2.60. The molecule has 0 saturated heterocycles. The van der Waals surface area contributed by atoms with Gasteiger partial charge in [0.05, 0.1) is 12.9 Å². The molecule has 1 atom stereocenters. The maximum absolute atomic E-state index is 5.80. The zero-order chi connectivity index (χ0) is 11.4. The molecule has 0 bridgehead atoms. The highest BCUT2D eigenvalue weighted by molar-refractivity contribution is 6.30. The number of ether oxygens (including phenoxy) is 1. The molecule has 0 N–H and O–H groups in total. The lowest BCUT2D eigenvalue weighted by atomic mass is 10.2. The first-order valence-corrected chi connectivity index (χ1v) is 5.47. The normalized spacial score (nSPS) is 12.6. The van der Waals surface area contributed by atoms with Gasteiger partial charge in [-0.3, -0.25) is 0 Å². The second kappa shape index (κ2) is 5.14. The van der Waals surface area contributed by atoms with E-state index in [1.54, 1.807) is 12.5 Å². The molecule has 0 unspecified atom stereocenters. The summed E-state index contributed by atoms with van der Waals surface area (Å²) in [6.07, 6.45) is 5.35. The van der Waals surface area contributed by atoms with Crippen molar-refractivity contribution >= 4 is 11.6 Å². The fourth-order valence-electron chi connectivity index (χ4n) is 1.37. The van der Waals surface area contributed by atoms with Gasteiger partial charge in [-0.2, -0.15) is 0 Å². The lowest BCUT2D eigenvalue weighted by Gasteiger charge is -2.14. The van der Waals surface area contributed by atoms with Crippen molar-refractivity contribution in [1.82, 2.24) is 9.55 Å². The van der Waals surface area contributed by atoms with Crippen molar-refractivity contribution in [1.29, 1.82) is 0 Å². The van der Waals surface area contributed by atoms with E-state index in [1.807, 2.05) is 42.0 Å². The monoisotopic (exact) mass is 236 g/mol. The topological polar surface area (TPSA) is 27.1 Å². The molecule has 2 aromatic rings. The average molecular weight is 237 g/mol. The van der Waals surface area contributed by atoms with Gasteiger partial charge in [0.25, 0.3) is 0 Å². The fraction of sp³-hybridized carbons (Fsp3) is 0.250. The van der Waals surface area contributed by atoms with Gasteiger partial charge in [-0.1, -0.05) is 23.7 Å². The second-order valence-corrected chi connectivity index (χ2v) is 3.98. The van der Waals surface area contributed by atoms with Crippen LogP contribution in [0, 0.1) is 0 Å². The smallest absolute Gasteiger partial charge is 0.132 e. The number of halogens is 1. The van der Waals surface area contributed by atoms with Crippen molar-refractivity contribution < 1.29 is 4.74 Å². The van der Waals surface area contributed by atoms with Gasteiger partial charge in [-0.15, -0.1) is 0 Å². The molecule has 3 nitrogen and oxygen atoms in total. The maximum atomic E-state index is 5.80. The van der Waals surface area contributed by atoms with Crippen LogP contribution in [0.1, 0.15) is 18.7 Å². The van der Waals surface area contributed by atoms with E-state index in [2.05, 4.69) is 4.98 Å². The first kappa shape index (κ1) is 11.2. The van der Waals surface area contributed by atoms with Gasteiger partial charge in [0, 0.05) is 17.4 Å². The van der Waals surface area contributed by atoms with Gasteiger partial charge in [0.1, 0.15) is 6.23 Å². The Hall–Kier alpha value is -1.32. The molecule has 0 spiro atoms. The molecule has 0 radical (unpaired) electrons. The SMILES string of the molecule is C[C@H](OCc1ccc(Cl)cc1)n1ccnc1. The molecule has 2 rings (SSSR count). The van der Waals surface area contributed by atoms with Crippen LogP contribution in [0.5, 0.6) is 0 Å². The molecule has 4 heteroatoms. The van der Waals surface area contributed by atoms with Crippen LogP contribution in [0.25, 0.3) is 0 Å². The molecule has 1 aromatic heterocycles. The summed E-state index contributed by atoms with van der Waals surface area (Å²) in [7, 11) is 0. The zero-order valence-corrected chi connectivity index (χ0v) is 9.76. The molecule has 0 saturated carbocycles. The first-order chi connectivity index (χ1) is 7.75. The van der Waals surface area contributed by atoms with Crippen LogP contribution in [0.15, 0.2) is 43.0 Å². The van der Waals surface area contributed by atoms with Crippen molar-refractivity contribution in [3.05, 3.63) is 53.6 Å². The Morgan fingerprint density at radius 2 is 2.12 bits per heavy atom. The lowest BCUT2D eigenvalue weighted by Crippen LogP contribution is -2.07. The lowest BCUT2D eigenvalue weighted by molar-refractivity contribution is 0.00400. The number of hydrogen-bond donors (Lipinski definition) is 0. The number of hydrogen-bond acceptors (Lipinski definition) is 2. The molecule has 0 amide bonds. The van der Waals surface area contributed by atoms with E-state index in [9.17, 15) is 0 Å². The van der Waals surface area contributed by atoms with Crippen molar-refractivity contribution in [3.63, 3.8) is 0 Å². The van der Waals surface area contributed by atoms with Gasteiger partial charge < -0.3 is 9.30 Å². The Kier molecular flexibility index (Phi) is 3.59. The number of nitrogens with zero attached hydrogens (tertiary/aromatic N) is 2. The van der Waals surface area contributed by atoms with Crippen LogP contribution < -0.4 is 0 Å². The molecule has 0 fully saturated rings. The molecular formula is C12H13ClN2O. The summed E-state index contributed by atoms with van der Waals surface area (Å²) < 4.78 is 7.60. The van der Waals surface area contributed by atoms with E-state index >= 15 is 0 Å². The average Bonchev–Trinajstić information content (AvgIpc) is 2.81. The van der Waals surface area contributed by atoms with E-state index in [-0.39, 0.29) is 6.23 Å². The molecule has 16 heavy (non-hydrogen) atoms. The largest absolute Gasteiger partial charge is 0.354 e. The first-order valence-electron chi connectivity index (χ1n) is 5.09. The van der Waals surface area contributed by atoms with E-state index in [4.69, 9.17) is 16.3 Å². The highest BCUT2D eigenvalue weighted by Gasteiger charge is 2.03. The Bertz CT molecular complexity index is 425. The van der Waals surface area contributed by atoms with E-state index in [0.29, 0.717) is 6.61 Å². The minimum Gasteiger partial charge on any atom is -0.354 e. The summed E-state index contributed by atoms with van der Waals surface area (Å²) in [5, 5.41) is 0.742. The summed E-state index contributed by atoms with van der Waals surface area (Å²) >= 11 is 5.80. The van der Waals surface area contributed by atoms with Gasteiger partial charge in [0.2, 0.25) is 0 Å². The minimum atomic E-state index is -0.0156. The Morgan fingerprint density at radius 1 is 1.38 bits per heavy atom. The highest BCUT2D eigenvalue weighted by Crippen LogP contribution is 2.13. The predicted molar refractivity (Wildman–Crippen MR) is 63.2 cm³/mol. The molecule has 0 aliphatic heterocycles. The van der Waals surface area contributed by atoms with Crippen LogP contribution in [-0.4, -0.2) is 9.55 Å². The summed E-state index contributed by atoms with van der Waals surface area (Å²) in [6, 6.07) is 7.65. The standard InChI is InChI=1S/C12H13ClN2O/c1-10(15-7-6-14-9-15)16-8-11-2-4-12(13)5-3-11/h2-7,9-10H,8H2,1H3/t10-/m0/s1. The molecule has 0 aliphatic carbocycles. The van der Waals surface area contributed by atoms with Gasteiger partial charge in [0.15, 0.2) is 0 Å². The van der Waals surface area contributed by atoms with Gasteiger partial charge >= 0.3 is 0 Å². The summed E-state index contributed by atoms with van der Waals surface area (Å²) in [5.41, 5.74) is 1.11. The van der Waals surface area contributed by atoms with Crippen molar-refractivity contribution in [3.8, 4) is 0 Å². The van der Waals surface area contributed by atoms with Crippen LogP contribution in [0.2, 0.25) is 5.02 Å². The van der Waals surface area contributed by atoms with E-state index in [0.717, 1.165) is 10.6 Å². The Morgan fingerprint density at radius 3 is 2.75 bits per heavy atom. The van der Waals surface area contributed by atoms with Crippen LogP contribution in [0.4, 0.5) is 0 Å². The number of imidazole rings is 1. The molecule has 84 valence electrons. The summed E-state index contributed by atoms with van der Waals surface area (Å²) in [6.45, 7) is 2.55. The quantitative estimate of drug-likeness (QED) is 0.815. The second-order valence-electron chi connectivity index (χ2n) is 3.55. The molecular weight excluding hydrogens is 224 g/mol.